The number of hydrogen-bond donors (Lipinski definition) is 2. The topological polar surface area (TPSA) is 81.8 Å². The summed E-state index contributed by atoms with van der Waals surface area (Å²) in [6.45, 7) is 0.794. The molecule has 0 radical (unpaired) electrons. The van der Waals surface area contributed by atoms with Crippen molar-refractivity contribution in [3.8, 4) is 5.75 Å². The van der Waals surface area contributed by atoms with Crippen LogP contribution in [0.2, 0.25) is 0 Å². The number of thioether (sulfide) groups is 1. The third-order valence-electron chi connectivity index (χ3n) is 2.89. The quantitative estimate of drug-likeness (QED) is 0.703. The second-order valence-corrected chi connectivity index (χ2v) is 5.36. The molecule has 2 aromatic heterocycles. The normalized spacial score (nSPS) is 11.1. The first-order valence-electron chi connectivity index (χ1n) is 6.20. The van der Waals surface area contributed by atoms with Gasteiger partial charge in [-0.05, 0) is 18.2 Å². The summed E-state index contributed by atoms with van der Waals surface area (Å²) in [5.74, 6) is 2.24. The molecule has 3 N–H and O–H groups in total. The first kappa shape index (κ1) is 12.9. The molecule has 0 unspecified atom stereocenters. The van der Waals surface area contributed by atoms with Crippen LogP contribution in [0.3, 0.4) is 0 Å². The minimum Gasteiger partial charge on any atom is -0.497 e. The molecule has 0 aliphatic carbocycles. The van der Waals surface area contributed by atoms with Crippen molar-refractivity contribution in [2.45, 2.75) is 11.7 Å². The summed E-state index contributed by atoms with van der Waals surface area (Å²) in [6, 6.07) is 7.59. The number of rotatable bonds is 5. The van der Waals surface area contributed by atoms with Crippen molar-refractivity contribution in [1.29, 1.82) is 0 Å². The summed E-state index contributed by atoms with van der Waals surface area (Å²) in [6.07, 6.45) is 1.87. The number of aryl methyl sites for hydroxylation is 1. The highest BCUT2D eigenvalue weighted by Gasteiger charge is 2.05. The Kier molecular flexibility index (Phi) is 3.51. The zero-order valence-corrected chi connectivity index (χ0v) is 11.9. The molecule has 0 amide bonds. The Morgan fingerprint density at radius 1 is 1.40 bits per heavy atom. The second kappa shape index (κ2) is 5.46. The number of aromatic amines is 1. The summed E-state index contributed by atoms with van der Waals surface area (Å²) in [4.78, 5) is 7.80. The molecule has 0 fully saturated rings. The van der Waals surface area contributed by atoms with Gasteiger partial charge in [0.05, 0.1) is 24.7 Å². The number of nitrogens with two attached hydrogens (primary N) is 1. The van der Waals surface area contributed by atoms with Gasteiger partial charge in [0.25, 0.3) is 0 Å². The zero-order valence-electron chi connectivity index (χ0n) is 11.0. The number of fused-ring (bicyclic) bond motifs is 1. The highest BCUT2D eigenvalue weighted by molar-refractivity contribution is 7.99. The number of ether oxygens (including phenoxy) is 1. The van der Waals surface area contributed by atoms with Crippen molar-refractivity contribution >= 4 is 28.6 Å². The molecule has 1 aromatic carbocycles. The summed E-state index contributed by atoms with van der Waals surface area (Å²) >= 11 is 1.65. The average Bonchev–Trinajstić information content (AvgIpc) is 3.03. The van der Waals surface area contributed by atoms with Crippen LogP contribution in [0.5, 0.6) is 5.75 Å². The Labute approximate surface area is 120 Å². The van der Waals surface area contributed by atoms with Crippen LogP contribution in [0, 0.1) is 0 Å². The number of nitrogens with zero attached hydrogens (tertiary/aromatic N) is 3. The highest BCUT2D eigenvalue weighted by Crippen LogP contribution is 2.23. The zero-order chi connectivity index (χ0) is 13.9. The summed E-state index contributed by atoms with van der Waals surface area (Å²) in [7, 11) is 1.66. The monoisotopic (exact) mass is 289 g/mol. The molecule has 6 nitrogen and oxygen atoms in total. The fourth-order valence-electron chi connectivity index (χ4n) is 1.90. The minimum atomic E-state index is 0.547. The number of hydrogen-bond acceptors (Lipinski definition) is 5. The summed E-state index contributed by atoms with van der Waals surface area (Å²) < 4.78 is 7.02. The van der Waals surface area contributed by atoms with Gasteiger partial charge in [0.2, 0.25) is 0 Å². The lowest BCUT2D eigenvalue weighted by atomic mass is 10.3. The summed E-state index contributed by atoms with van der Waals surface area (Å²) in [5, 5.41) is 5.04. The second-order valence-electron chi connectivity index (χ2n) is 4.28. The lowest BCUT2D eigenvalue weighted by molar-refractivity contribution is 0.415. The maximum Gasteiger partial charge on any atom is 0.166 e. The van der Waals surface area contributed by atoms with Crippen LogP contribution >= 0.6 is 11.8 Å². The van der Waals surface area contributed by atoms with Crippen LogP contribution < -0.4 is 10.5 Å². The van der Waals surface area contributed by atoms with E-state index >= 15 is 0 Å². The standard InChI is InChI=1S/C13H15N5OS/c1-19-9-2-3-10-11(8-9)16-13(15-10)20-7-6-18-5-4-12(14)17-18/h2-5,8H,6-7H2,1H3,(H2,14,17)(H,15,16). The Bertz CT molecular complexity index is 720. The van der Waals surface area contributed by atoms with Crippen LogP contribution in [0.25, 0.3) is 11.0 Å². The van der Waals surface area contributed by atoms with Crippen molar-refractivity contribution < 1.29 is 4.74 Å². The molecule has 0 saturated heterocycles. The van der Waals surface area contributed by atoms with Crippen molar-refractivity contribution in [3.63, 3.8) is 0 Å². The number of nitrogen functional groups attached to an aromatic ring is 1. The molecule has 3 rings (SSSR count). The van der Waals surface area contributed by atoms with E-state index in [0.29, 0.717) is 5.82 Å². The Balaban J connectivity index is 1.65. The molecule has 0 saturated carbocycles. The van der Waals surface area contributed by atoms with Crippen LogP contribution in [-0.4, -0.2) is 32.6 Å². The Morgan fingerprint density at radius 3 is 3.05 bits per heavy atom. The maximum absolute atomic E-state index is 5.57. The van der Waals surface area contributed by atoms with Gasteiger partial charge in [-0.1, -0.05) is 11.8 Å². The predicted molar refractivity (Wildman–Crippen MR) is 80.0 cm³/mol. The molecular weight excluding hydrogens is 274 g/mol. The number of benzene rings is 1. The van der Waals surface area contributed by atoms with E-state index in [1.54, 1.807) is 24.9 Å². The van der Waals surface area contributed by atoms with Gasteiger partial charge < -0.3 is 15.5 Å². The third kappa shape index (κ3) is 2.72. The number of methoxy groups -OCH3 is 1. The van der Waals surface area contributed by atoms with Crippen LogP contribution in [-0.2, 0) is 6.54 Å². The van der Waals surface area contributed by atoms with Gasteiger partial charge in [0.15, 0.2) is 5.16 Å². The van der Waals surface area contributed by atoms with E-state index in [4.69, 9.17) is 10.5 Å². The van der Waals surface area contributed by atoms with E-state index in [-0.39, 0.29) is 0 Å². The lowest BCUT2D eigenvalue weighted by Crippen LogP contribution is -2.01. The van der Waals surface area contributed by atoms with Crippen LogP contribution in [0.15, 0.2) is 35.6 Å². The van der Waals surface area contributed by atoms with Crippen molar-refractivity contribution in [1.82, 2.24) is 19.7 Å². The molecule has 0 aliphatic heterocycles. The van der Waals surface area contributed by atoms with Gasteiger partial charge in [-0.2, -0.15) is 5.10 Å². The molecule has 7 heteroatoms. The van der Waals surface area contributed by atoms with E-state index in [1.165, 1.54) is 0 Å². The lowest BCUT2D eigenvalue weighted by Gasteiger charge is -1.99. The SMILES string of the molecule is COc1ccc2nc(SCCn3ccc(N)n3)[nH]c2c1. The van der Waals surface area contributed by atoms with Gasteiger partial charge in [0, 0.05) is 18.0 Å². The minimum absolute atomic E-state index is 0.547. The first-order valence-corrected chi connectivity index (χ1v) is 7.18. The van der Waals surface area contributed by atoms with Crippen molar-refractivity contribution in [2.24, 2.45) is 0 Å². The van der Waals surface area contributed by atoms with Crippen molar-refractivity contribution in [3.05, 3.63) is 30.5 Å². The van der Waals surface area contributed by atoms with Gasteiger partial charge >= 0.3 is 0 Å². The van der Waals surface area contributed by atoms with Crippen molar-refractivity contribution in [2.75, 3.05) is 18.6 Å². The Morgan fingerprint density at radius 2 is 2.30 bits per heavy atom. The van der Waals surface area contributed by atoms with Gasteiger partial charge in [-0.25, -0.2) is 4.98 Å². The van der Waals surface area contributed by atoms with Crippen LogP contribution in [0.4, 0.5) is 5.82 Å². The highest BCUT2D eigenvalue weighted by atomic mass is 32.2. The van der Waals surface area contributed by atoms with Gasteiger partial charge in [-0.3, -0.25) is 4.68 Å². The molecule has 3 aromatic rings. The van der Waals surface area contributed by atoms with Gasteiger partial charge in [0.1, 0.15) is 11.6 Å². The maximum atomic E-state index is 5.57. The van der Waals surface area contributed by atoms with E-state index < -0.39 is 0 Å². The smallest absolute Gasteiger partial charge is 0.166 e. The average molecular weight is 289 g/mol. The third-order valence-corrected chi connectivity index (χ3v) is 3.74. The molecular formula is C13H15N5OS. The molecule has 0 bridgehead atoms. The number of anilines is 1. The van der Waals surface area contributed by atoms with E-state index in [9.17, 15) is 0 Å². The molecule has 0 atom stereocenters. The predicted octanol–water partition coefficient (Wildman–Crippen LogP) is 2.14. The molecule has 104 valence electrons. The fourth-order valence-corrected chi connectivity index (χ4v) is 2.72. The molecule has 20 heavy (non-hydrogen) atoms. The fraction of sp³-hybridized carbons (Fsp3) is 0.231. The Hall–Kier alpha value is -2.15. The number of aromatic nitrogens is 4. The molecule has 2 heterocycles. The van der Waals surface area contributed by atoms with Crippen LogP contribution in [0.1, 0.15) is 0 Å². The van der Waals surface area contributed by atoms with E-state index in [1.807, 2.05) is 29.1 Å². The number of H-pyrrole nitrogens is 1. The summed E-state index contributed by atoms with van der Waals surface area (Å²) in [5.41, 5.74) is 7.49. The molecule has 0 aliphatic rings. The van der Waals surface area contributed by atoms with Gasteiger partial charge in [-0.15, -0.1) is 0 Å². The van der Waals surface area contributed by atoms with E-state index in [0.717, 1.165) is 34.2 Å². The molecule has 0 spiro atoms. The largest absolute Gasteiger partial charge is 0.497 e. The van der Waals surface area contributed by atoms with E-state index in [2.05, 4.69) is 15.1 Å². The number of nitrogens with one attached hydrogen (secondary N) is 1. The first-order chi connectivity index (χ1) is 9.74. The number of imidazole rings is 1.